The smallest absolute Gasteiger partial charge is 0.407 e. The average molecular weight is 338 g/mol. The standard InChI is InChI=1S/C17H26N2O3S/c1-17(2,3)23(22)18-15(13-7-5-4-6-8-13)14-9-11-19(12-10-14)16(20)21/h4-8,14-15,18H,9-12H2,1-3H3,(H,20,21)/t15?,23-/m0/s1. The fourth-order valence-electron chi connectivity index (χ4n) is 2.81. The Balaban J connectivity index is 2.13. The van der Waals surface area contributed by atoms with Gasteiger partial charge < -0.3 is 14.6 Å². The zero-order valence-corrected chi connectivity index (χ0v) is 14.8. The molecule has 0 aromatic heterocycles. The van der Waals surface area contributed by atoms with E-state index in [1.165, 1.54) is 4.90 Å². The number of hydrogen-bond donors (Lipinski definition) is 2. The number of rotatable bonds is 4. The second-order valence-corrected chi connectivity index (χ2v) is 8.99. The highest BCUT2D eigenvalue weighted by Crippen LogP contribution is 2.32. The van der Waals surface area contributed by atoms with Crippen molar-refractivity contribution in [2.45, 2.75) is 44.4 Å². The van der Waals surface area contributed by atoms with Gasteiger partial charge >= 0.3 is 6.09 Å². The van der Waals surface area contributed by atoms with Gasteiger partial charge in [0.15, 0.2) is 0 Å². The van der Waals surface area contributed by atoms with Gasteiger partial charge in [0.2, 0.25) is 0 Å². The molecule has 2 rings (SSSR count). The minimum Gasteiger partial charge on any atom is -0.598 e. The molecule has 1 amide bonds. The molecule has 128 valence electrons. The van der Waals surface area contributed by atoms with Crippen molar-refractivity contribution in [3.05, 3.63) is 35.9 Å². The van der Waals surface area contributed by atoms with Gasteiger partial charge in [-0.3, -0.25) is 0 Å². The van der Waals surface area contributed by atoms with Gasteiger partial charge in [-0.2, -0.15) is 0 Å². The summed E-state index contributed by atoms with van der Waals surface area (Å²) >= 11 is -1.17. The van der Waals surface area contributed by atoms with Crippen LogP contribution in [-0.2, 0) is 11.4 Å². The van der Waals surface area contributed by atoms with E-state index < -0.39 is 17.5 Å². The van der Waals surface area contributed by atoms with Crippen molar-refractivity contribution in [2.75, 3.05) is 13.1 Å². The highest BCUT2D eigenvalue weighted by atomic mass is 32.2. The molecule has 0 bridgehead atoms. The number of carbonyl (C=O) groups is 1. The maximum Gasteiger partial charge on any atom is 0.407 e. The summed E-state index contributed by atoms with van der Waals surface area (Å²) in [5.74, 6) is 0.277. The Hall–Kier alpha value is -1.24. The molecule has 1 aromatic carbocycles. The molecule has 1 aliphatic rings. The summed E-state index contributed by atoms with van der Waals surface area (Å²) in [6.07, 6.45) is 0.700. The highest BCUT2D eigenvalue weighted by Gasteiger charge is 2.35. The molecule has 1 saturated heterocycles. The molecule has 23 heavy (non-hydrogen) atoms. The third-order valence-corrected chi connectivity index (χ3v) is 5.81. The van der Waals surface area contributed by atoms with E-state index in [-0.39, 0.29) is 16.7 Å². The predicted octanol–water partition coefficient (Wildman–Crippen LogP) is 3.17. The van der Waals surface area contributed by atoms with Crippen molar-refractivity contribution in [1.29, 1.82) is 0 Å². The minimum atomic E-state index is -1.17. The van der Waals surface area contributed by atoms with Gasteiger partial charge in [-0.1, -0.05) is 30.3 Å². The second-order valence-electron chi connectivity index (χ2n) is 6.99. The molecule has 0 saturated carbocycles. The van der Waals surface area contributed by atoms with Crippen molar-refractivity contribution in [3.63, 3.8) is 0 Å². The van der Waals surface area contributed by atoms with Gasteiger partial charge in [0.25, 0.3) is 0 Å². The molecule has 1 fully saturated rings. The van der Waals surface area contributed by atoms with Gasteiger partial charge in [0.1, 0.15) is 4.75 Å². The number of piperidine rings is 1. The number of nitrogens with zero attached hydrogens (tertiary/aromatic N) is 1. The summed E-state index contributed by atoms with van der Waals surface area (Å²) in [5, 5.41) is 9.09. The van der Waals surface area contributed by atoms with E-state index >= 15 is 0 Å². The Labute approximate surface area is 141 Å². The van der Waals surface area contributed by atoms with E-state index in [0.29, 0.717) is 13.1 Å². The SMILES string of the molecule is CC(C)(C)[S@+]([O-])NC(c1ccccc1)C1CCN(C(=O)O)CC1. The Morgan fingerprint density at radius 1 is 1.30 bits per heavy atom. The van der Waals surface area contributed by atoms with Crippen LogP contribution in [0.3, 0.4) is 0 Å². The number of benzene rings is 1. The molecule has 1 aliphatic heterocycles. The quantitative estimate of drug-likeness (QED) is 0.827. The van der Waals surface area contributed by atoms with Crippen LogP contribution < -0.4 is 4.72 Å². The van der Waals surface area contributed by atoms with Gasteiger partial charge in [-0.25, -0.2) is 4.79 Å². The van der Waals surface area contributed by atoms with Crippen LogP contribution in [0.4, 0.5) is 4.79 Å². The van der Waals surface area contributed by atoms with Crippen LogP contribution in [-0.4, -0.2) is 38.5 Å². The third kappa shape index (κ3) is 4.86. The first-order valence-corrected chi connectivity index (χ1v) is 9.15. The molecule has 5 nitrogen and oxygen atoms in total. The first-order chi connectivity index (χ1) is 10.8. The topological polar surface area (TPSA) is 75.6 Å². The second kappa shape index (κ2) is 7.55. The summed E-state index contributed by atoms with van der Waals surface area (Å²) < 4.78 is 15.5. The zero-order valence-electron chi connectivity index (χ0n) is 14.0. The normalized spacial score (nSPS) is 19.4. The largest absolute Gasteiger partial charge is 0.598 e. The Bertz CT molecular complexity index is 510. The molecule has 0 aliphatic carbocycles. The van der Waals surface area contributed by atoms with Crippen molar-refractivity contribution in [2.24, 2.45) is 5.92 Å². The van der Waals surface area contributed by atoms with Crippen molar-refractivity contribution < 1.29 is 14.5 Å². The highest BCUT2D eigenvalue weighted by molar-refractivity contribution is 7.90. The van der Waals surface area contributed by atoms with Crippen molar-refractivity contribution in [3.8, 4) is 0 Å². The maximum absolute atomic E-state index is 12.6. The predicted molar refractivity (Wildman–Crippen MR) is 92.5 cm³/mol. The molecular formula is C17H26N2O3S. The number of carboxylic acid groups (broad SMARTS) is 1. The van der Waals surface area contributed by atoms with Gasteiger partial charge in [-0.05, 0) is 45.1 Å². The molecule has 1 aromatic rings. The molecule has 1 unspecified atom stereocenters. The summed E-state index contributed by atoms with van der Waals surface area (Å²) in [5.41, 5.74) is 1.11. The Morgan fingerprint density at radius 2 is 1.87 bits per heavy atom. The van der Waals surface area contributed by atoms with Gasteiger partial charge in [0.05, 0.1) is 6.04 Å². The number of nitrogens with one attached hydrogen (secondary N) is 1. The number of hydrogen-bond acceptors (Lipinski definition) is 3. The van der Waals surface area contributed by atoms with Crippen LogP contribution in [0.25, 0.3) is 0 Å². The average Bonchev–Trinajstić information content (AvgIpc) is 2.52. The summed E-state index contributed by atoms with van der Waals surface area (Å²) in [6.45, 7) is 6.92. The summed E-state index contributed by atoms with van der Waals surface area (Å²) in [6, 6.07) is 10.00. The number of likely N-dealkylation sites (tertiary alicyclic amines) is 1. The van der Waals surface area contributed by atoms with Gasteiger partial charge in [0, 0.05) is 24.5 Å². The van der Waals surface area contributed by atoms with E-state index in [0.717, 1.165) is 18.4 Å². The minimum absolute atomic E-state index is 0.0211. The summed E-state index contributed by atoms with van der Waals surface area (Å²) in [7, 11) is 0. The van der Waals surface area contributed by atoms with Crippen LogP contribution in [0, 0.1) is 5.92 Å². The van der Waals surface area contributed by atoms with Crippen LogP contribution >= 0.6 is 0 Å². The lowest BCUT2D eigenvalue weighted by Crippen LogP contribution is -2.46. The third-order valence-electron chi connectivity index (χ3n) is 4.23. The molecule has 1 heterocycles. The Morgan fingerprint density at radius 3 is 2.35 bits per heavy atom. The van der Waals surface area contributed by atoms with Crippen molar-refractivity contribution in [1.82, 2.24) is 9.62 Å². The fraction of sp³-hybridized carbons (Fsp3) is 0.588. The lowest BCUT2D eigenvalue weighted by atomic mass is 9.86. The first-order valence-electron chi connectivity index (χ1n) is 8.00. The zero-order chi connectivity index (χ0) is 17.0. The first kappa shape index (κ1) is 18.1. The van der Waals surface area contributed by atoms with E-state index in [1.807, 2.05) is 51.1 Å². The van der Waals surface area contributed by atoms with E-state index in [9.17, 15) is 9.35 Å². The van der Waals surface area contributed by atoms with Crippen molar-refractivity contribution >= 4 is 17.5 Å². The van der Waals surface area contributed by atoms with Crippen LogP contribution in [0.15, 0.2) is 30.3 Å². The molecule has 0 spiro atoms. The van der Waals surface area contributed by atoms with E-state index in [4.69, 9.17) is 5.11 Å². The maximum atomic E-state index is 12.6. The van der Waals surface area contributed by atoms with E-state index in [1.54, 1.807) is 0 Å². The molecule has 6 heteroatoms. The van der Waals surface area contributed by atoms with Gasteiger partial charge in [-0.15, -0.1) is 4.72 Å². The summed E-state index contributed by atoms with van der Waals surface area (Å²) in [4.78, 5) is 12.5. The lowest BCUT2D eigenvalue weighted by molar-refractivity contribution is 0.118. The number of amides is 1. The molecule has 0 radical (unpaired) electrons. The van der Waals surface area contributed by atoms with Crippen LogP contribution in [0.5, 0.6) is 0 Å². The molecule has 2 atom stereocenters. The van der Waals surface area contributed by atoms with Crippen LogP contribution in [0.2, 0.25) is 0 Å². The molecular weight excluding hydrogens is 312 g/mol. The van der Waals surface area contributed by atoms with E-state index in [2.05, 4.69) is 4.72 Å². The van der Waals surface area contributed by atoms with Crippen LogP contribution in [0.1, 0.15) is 45.2 Å². The monoisotopic (exact) mass is 338 g/mol. The molecule has 2 N–H and O–H groups in total. The Kier molecular flexibility index (Phi) is 5.95. The lowest BCUT2D eigenvalue weighted by Gasteiger charge is -2.36. The fourth-order valence-corrected chi connectivity index (χ4v) is 3.73.